The number of ether oxygens (including phenoxy) is 1. The zero-order valence-electron chi connectivity index (χ0n) is 3.85. The lowest BCUT2D eigenvalue weighted by molar-refractivity contribution is -0.633. The van der Waals surface area contributed by atoms with Gasteiger partial charge in [-0.2, -0.15) is 0 Å². The van der Waals surface area contributed by atoms with Gasteiger partial charge in [0, 0.05) is 0 Å². The van der Waals surface area contributed by atoms with E-state index in [1.54, 1.807) is 0 Å². The molecule has 1 aliphatic rings. The van der Waals surface area contributed by atoms with Gasteiger partial charge < -0.3 is 4.74 Å². The minimum Gasteiger partial charge on any atom is -0.464 e. The van der Waals surface area contributed by atoms with Crippen LogP contribution in [0.15, 0.2) is 12.5 Å². The van der Waals surface area contributed by atoms with E-state index >= 15 is 0 Å². The summed E-state index contributed by atoms with van der Waals surface area (Å²) < 4.78 is 4.40. The highest BCUT2D eigenvalue weighted by Gasteiger charge is 2.15. The van der Waals surface area contributed by atoms with Gasteiger partial charge in [-0.3, -0.25) is 0 Å². The van der Waals surface area contributed by atoms with Crippen molar-refractivity contribution < 1.29 is 9.77 Å². The van der Waals surface area contributed by atoms with Crippen molar-refractivity contribution in [3.05, 3.63) is 29.3 Å². The molecule has 5 nitrogen and oxygen atoms in total. The highest BCUT2D eigenvalue weighted by Crippen LogP contribution is 2.03. The molecule has 0 spiro atoms. The first-order valence-corrected chi connectivity index (χ1v) is 1.89. The van der Waals surface area contributed by atoms with Crippen LogP contribution in [0.4, 0.5) is 0 Å². The van der Waals surface area contributed by atoms with E-state index in [1.807, 2.05) is 0 Å². The summed E-state index contributed by atoms with van der Waals surface area (Å²) in [6.07, 6.45) is 2.43. The van der Waals surface area contributed by atoms with Gasteiger partial charge in [-0.25, -0.2) is 10.1 Å². The SMILES string of the molecule is O=[N+]([O-])N1[CH]OC=C1. The Hall–Kier alpha value is -1.26. The van der Waals surface area contributed by atoms with Gasteiger partial charge in [-0.15, -0.1) is 0 Å². The summed E-state index contributed by atoms with van der Waals surface area (Å²) in [6.45, 7) is 1.00. The van der Waals surface area contributed by atoms with E-state index in [2.05, 4.69) is 4.74 Å². The number of hydrogen-bond donors (Lipinski definition) is 0. The van der Waals surface area contributed by atoms with Crippen LogP contribution in [0.3, 0.4) is 0 Å². The fraction of sp³-hybridized carbons (Fsp3) is 0. The van der Waals surface area contributed by atoms with E-state index in [1.165, 1.54) is 12.5 Å². The van der Waals surface area contributed by atoms with Crippen LogP contribution in [-0.4, -0.2) is 10.0 Å². The van der Waals surface area contributed by atoms with Crippen molar-refractivity contribution in [1.29, 1.82) is 0 Å². The molecule has 8 heavy (non-hydrogen) atoms. The number of nitrogens with zero attached hydrogens (tertiary/aromatic N) is 2. The topological polar surface area (TPSA) is 55.6 Å². The molecule has 0 amide bonds. The second-order valence-corrected chi connectivity index (χ2v) is 1.14. The largest absolute Gasteiger partial charge is 0.464 e. The zero-order valence-corrected chi connectivity index (χ0v) is 3.85. The van der Waals surface area contributed by atoms with Gasteiger partial charge in [0.05, 0.1) is 0 Å². The third-order valence-corrected chi connectivity index (χ3v) is 0.650. The summed E-state index contributed by atoms with van der Waals surface area (Å²) in [5.74, 6) is 0. The van der Waals surface area contributed by atoms with Crippen molar-refractivity contribution in [2.24, 2.45) is 0 Å². The molecule has 1 heterocycles. The van der Waals surface area contributed by atoms with Crippen molar-refractivity contribution in [3.63, 3.8) is 0 Å². The smallest absolute Gasteiger partial charge is 0.292 e. The monoisotopic (exact) mass is 115 g/mol. The molecule has 0 saturated carbocycles. The summed E-state index contributed by atoms with van der Waals surface area (Å²) in [4.78, 5) is 9.77. The molecule has 0 atom stereocenters. The molecule has 1 radical (unpaired) electrons. The van der Waals surface area contributed by atoms with Gasteiger partial charge in [0.15, 0.2) is 5.03 Å². The van der Waals surface area contributed by atoms with E-state index < -0.39 is 5.03 Å². The highest BCUT2D eigenvalue weighted by atomic mass is 16.7. The van der Waals surface area contributed by atoms with Crippen LogP contribution in [0.5, 0.6) is 0 Å². The molecule has 0 N–H and O–H groups in total. The Labute approximate surface area is 45.3 Å². The summed E-state index contributed by atoms with van der Waals surface area (Å²) >= 11 is 0. The van der Waals surface area contributed by atoms with Crippen molar-refractivity contribution >= 4 is 0 Å². The van der Waals surface area contributed by atoms with E-state index in [-0.39, 0.29) is 0 Å². The average Bonchev–Trinajstić information content (AvgIpc) is 2.12. The highest BCUT2D eigenvalue weighted by molar-refractivity contribution is 4.79. The van der Waals surface area contributed by atoms with E-state index in [9.17, 15) is 10.1 Å². The van der Waals surface area contributed by atoms with Gasteiger partial charge >= 0.3 is 0 Å². The van der Waals surface area contributed by atoms with Gasteiger partial charge in [0.25, 0.3) is 6.73 Å². The van der Waals surface area contributed by atoms with Crippen molar-refractivity contribution in [2.45, 2.75) is 0 Å². The molecule has 0 fully saturated rings. The van der Waals surface area contributed by atoms with Gasteiger partial charge in [0.2, 0.25) is 0 Å². The lowest BCUT2D eigenvalue weighted by atomic mass is 11.0. The Balaban J connectivity index is 2.48. The number of hydrogen-bond acceptors (Lipinski definition) is 3. The molecule has 0 saturated heterocycles. The molecule has 0 bridgehead atoms. The van der Waals surface area contributed by atoms with Gasteiger partial charge in [-0.1, -0.05) is 5.01 Å². The molecule has 0 aromatic carbocycles. The summed E-state index contributed by atoms with van der Waals surface area (Å²) in [6, 6.07) is 0. The number of hydrazine groups is 1. The summed E-state index contributed by atoms with van der Waals surface area (Å²) in [5.41, 5.74) is 0. The van der Waals surface area contributed by atoms with Crippen LogP contribution < -0.4 is 0 Å². The predicted octanol–water partition coefficient (Wildman–Crippen LogP) is 0.101. The number of rotatable bonds is 1. The second kappa shape index (κ2) is 1.69. The first-order valence-electron chi connectivity index (χ1n) is 1.89. The lowest BCUT2D eigenvalue weighted by Crippen LogP contribution is -2.17. The molecule has 1 aliphatic heterocycles. The third-order valence-electron chi connectivity index (χ3n) is 0.650. The maximum absolute atomic E-state index is 9.77. The number of nitro groups is 1. The molecular formula is C3H3N2O3. The Morgan fingerprint density at radius 3 is 2.75 bits per heavy atom. The molecule has 43 valence electrons. The molecule has 5 heteroatoms. The second-order valence-electron chi connectivity index (χ2n) is 1.14. The maximum atomic E-state index is 9.77. The first kappa shape index (κ1) is 4.89. The van der Waals surface area contributed by atoms with Crippen LogP contribution in [0.1, 0.15) is 0 Å². The Morgan fingerprint density at radius 1 is 1.75 bits per heavy atom. The van der Waals surface area contributed by atoms with Crippen LogP contribution in [0, 0.1) is 16.8 Å². The zero-order chi connectivity index (χ0) is 5.98. The van der Waals surface area contributed by atoms with Crippen LogP contribution >= 0.6 is 0 Å². The molecule has 0 unspecified atom stereocenters. The first-order chi connectivity index (χ1) is 3.80. The summed E-state index contributed by atoms with van der Waals surface area (Å²) in [5, 5.41) is 9.90. The minimum absolute atomic E-state index is 0.594. The van der Waals surface area contributed by atoms with Crippen LogP contribution in [0.2, 0.25) is 0 Å². The van der Waals surface area contributed by atoms with Crippen LogP contribution in [-0.2, 0) is 4.74 Å². The average molecular weight is 115 g/mol. The molecule has 0 aromatic heterocycles. The molecular weight excluding hydrogens is 112 g/mol. The summed E-state index contributed by atoms with van der Waals surface area (Å²) in [7, 11) is 0. The Bertz CT molecular complexity index is 132. The fourth-order valence-electron chi connectivity index (χ4n) is 0.323. The van der Waals surface area contributed by atoms with Gasteiger partial charge in [0.1, 0.15) is 12.5 Å². The van der Waals surface area contributed by atoms with Gasteiger partial charge in [-0.05, 0) is 0 Å². The molecule has 0 aromatic rings. The van der Waals surface area contributed by atoms with E-state index in [0.29, 0.717) is 0 Å². The predicted molar refractivity (Wildman–Crippen MR) is 23.4 cm³/mol. The van der Waals surface area contributed by atoms with Crippen molar-refractivity contribution in [3.8, 4) is 0 Å². The van der Waals surface area contributed by atoms with E-state index in [4.69, 9.17) is 0 Å². The lowest BCUT2D eigenvalue weighted by Gasteiger charge is -1.96. The van der Waals surface area contributed by atoms with Crippen molar-refractivity contribution in [2.75, 3.05) is 0 Å². The quantitative estimate of drug-likeness (QED) is 0.359. The van der Waals surface area contributed by atoms with Crippen molar-refractivity contribution in [1.82, 2.24) is 5.01 Å². The van der Waals surface area contributed by atoms with Crippen LogP contribution in [0.25, 0.3) is 0 Å². The standard InChI is InChI=1S/C3H3N2O3/c6-5(7)4-1-2-8-3-4/h1-3H. The van der Waals surface area contributed by atoms with E-state index in [0.717, 1.165) is 11.7 Å². The molecule has 0 aliphatic carbocycles. The Kier molecular flexibility index (Phi) is 1.03. The molecule has 1 rings (SSSR count). The third kappa shape index (κ3) is 0.699. The minimum atomic E-state index is -0.594. The normalized spacial score (nSPS) is 16.2. The Morgan fingerprint density at radius 2 is 2.50 bits per heavy atom. The fourth-order valence-corrected chi connectivity index (χ4v) is 0.323. The maximum Gasteiger partial charge on any atom is 0.292 e.